The molecule has 130 valence electrons. The Morgan fingerprint density at radius 2 is 1.92 bits per heavy atom. The van der Waals surface area contributed by atoms with Gasteiger partial charge in [-0.2, -0.15) is 0 Å². The number of aromatic nitrogens is 1. The Kier molecular flexibility index (Phi) is 6.51. The second-order valence-electron chi connectivity index (χ2n) is 6.07. The van der Waals surface area contributed by atoms with E-state index in [9.17, 15) is 9.59 Å². The molecule has 1 aromatic rings. The molecule has 24 heavy (non-hydrogen) atoms. The first-order chi connectivity index (χ1) is 11.4. The number of rotatable bonds is 3. The molecule has 8 heteroatoms. The fourth-order valence-electron chi connectivity index (χ4n) is 2.72. The molecule has 1 heterocycles. The summed E-state index contributed by atoms with van der Waals surface area (Å²) in [7, 11) is 3.55. The van der Waals surface area contributed by atoms with Crippen LogP contribution >= 0.6 is 23.8 Å². The maximum atomic E-state index is 12.1. The van der Waals surface area contributed by atoms with Crippen LogP contribution in [-0.2, 0) is 9.59 Å². The molecule has 0 aromatic carbocycles. The van der Waals surface area contributed by atoms with Gasteiger partial charge >= 0.3 is 0 Å². The van der Waals surface area contributed by atoms with Gasteiger partial charge in [-0.3, -0.25) is 9.59 Å². The quantitative estimate of drug-likeness (QED) is 0.800. The minimum absolute atomic E-state index is 0.0683. The van der Waals surface area contributed by atoms with Gasteiger partial charge < -0.3 is 15.5 Å². The molecule has 0 saturated heterocycles. The first-order valence-electron chi connectivity index (χ1n) is 7.81. The van der Waals surface area contributed by atoms with Crippen LogP contribution in [0.25, 0.3) is 0 Å². The largest absolute Gasteiger partial charge is 0.369 e. The highest BCUT2D eigenvalue weighted by atomic mass is 35.5. The lowest BCUT2D eigenvalue weighted by atomic mass is 9.85. The van der Waals surface area contributed by atoms with Crippen LogP contribution in [-0.4, -0.2) is 46.8 Å². The number of carbonyl (C=O) groups is 2. The van der Waals surface area contributed by atoms with E-state index in [1.54, 1.807) is 31.1 Å². The lowest BCUT2D eigenvalue weighted by Crippen LogP contribution is -2.43. The fourth-order valence-corrected chi connectivity index (χ4v) is 3.05. The SMILES string of the molecule is CN(C)C(=O)C1CCC(NC(=S)C(=O)Nc2ccc(Cl)cn2)CC1. The van der Waals surface area contributed by atoms with Gasteiger partial charge in [0.25, 0.3) is 5.91 Å². The smallest absolute Gasteiger partial charge is 0.284 e. The molecular formula is C16H21ClN4O2S. The molecule has 2 rings (SSSR count). The summed E-state index contributed by atoms with van der Waals surface area (Å²) in [5.41, 5.74) is 0. The van der Waals surface area contributed by atoms with Crippen LogP contribution in [0.15, 0.2) is 18.3 Å². The van der Waals surface area contributed by atoms with Crippen molar-refractivity contribution >= 4 is 46.4 Å². The molecule has 2 amide bonds. The summed E-state index contributed by atoms with van der Waals surface area (Å²) in [5.74, 6) is 0.237. The summed E-state index contributed by atoms with van der Waals surface area (Å²) >= 11 is 10.9. The lowest BCUT2D eigenvalue weighted by molar-refractivity contribution is -0.134. The predicted octanol–water partition coefficient (Wildman–Crippen LogP) is 2.24. The van der Waals surface area contributed by atoms with Crippen LogP contribution in [0.1, 0.15) is 25.7 Å². The van der Waals surface area contributed by atoms with Gasteiger partial charge in [0, 0.05) is 32.3 Å². The summed E-state index contributed by atoms with van der Waals surface area (Å²) in [6.07, 6.45) is 4.69. The molecule has 6 nitrogen and oxygen atoms in total. The van der Waals surface area contributed by atoms with Crippen LogP contribution in [0, 0.1) is 5.92 Å². The molecule has 0 radical (unpaired) electrons. The van der Waals surface area contributed by atoms with Crippen molar-refractivity contribution in [3.8, 4) is 0 Å². The van der Waals surface area contributed by atoms with Crippen LogP contribution in [0.5, 0.6) is 0 Å². The maximum Gasteiger partial charge on any atom is 0.284 e. The van der Waals surface area contributed by atoms with E-state index in [2.05, 4.69) is 15.6 Å². The Labute approximate surface area is 152 Å². The van der Waals surface area contributed by atoms with E-state index in [1.165, 1.54) is 6.20 Å². The van der Waals surface area contributed by atoms with E-state index >= 15 is 0 Å². The molecule has 1 fully saturated rings. The highest BCUT2D eigenvalue weighted by molar-refractivity contribution is 7.82. The summed E-state index contributed by atoms with van der Waals surface area (Å²) < 4.78 is 0. The second-order valence-corrected chi connectivity index (χ2v) is 6.92. The normalized spacial score (nSPS) is 20.1. The number of halogens is 1. The van der Waals surface area contributed by atoms with Gasteiger partial charge in [0.05, 0.1) is 5.02 Å². The zero-order valence-corrected chi connectivity index (χ0v) is 15.3. The number of pyridine rings is 1. The van der Waals surface area contributed by atoms with Crippen molar-refractivity contribution in [2.24, 2.45) is 5.92 Å². The number of nitrogens with one attached hydrogen (secondary N) is 2. The van der Waals surface area contributed by atoms with Crippen molar-refractivity contribution in [3.63, 3.8) is 0 Å². The molecule has 0 spiro atoms. The molecule has 1 aliphatic rings. The van der Waals surface area contributed by atoms with Crippen molar-refractivity contribution in [1.29, 1.82) is 0 Å². The van der Waals surface area contributed by atoms with E-state index in [0.29, 0.717) is 10.8 Å². The van der Waals surface area contributed by atoms with Gasteiger partial charge in [-0.1, -0.05) is 23.8 Å². The summed E-state index contributed by atoms with van der Waals surface area (Å²) in [6.45, 7) is 0. The zero-order chi connectivity index (χ0) is 17.7. The van der Waals surface area contributed by atoms with Crippen molar-refractivity contribution in [1.82, 2.24) is 15.2 Å². The third-order valence-electron chi connectivity index (χ3n) is 4.03. The average molecular weight is 369 g/mol. The van der Waals surface area contributed by atoms with Gasteiger partial charge in [-0.05, 0) is 37.8 Å². The van der Waals surface area contributed by atoms with Crippen LogP contribution < -0.4 is 10.6 Å². The Bertz CT molecular complexity index is 613. The topological polar surface area (TPSA) is 74.3 Å². The zero-order valence-electron chi connectivity index (χ0n) is 13.7. The van der Waals surface area contributed by atoms with Crippen molar-refractivity contribution in [2.45, 2.75) is 31.7 Å². The third-order valence-corrected chi connectivity index (χ3v) is 4.55. The van der Waals surface area contributed by atoms with Crippen LogP contribution in [0.2, 0.25) is 5.02 Å². The third kappa shape index (κ3) is 5.14. The highest BCUT2D eigenvalue weighted by Crippen LogP contribution is 2.25. The van der Waals surface area contributed by atoms with E-state index < -0.39 is 5.91 Å². The average Bonchev–Trinajstić information content (AvgIpc) is 2.56. The van der Waals surface area contributed by atoms with Gasteiger partial charge in [-0.25, -0.2) is 4.98 Å². The molecule has 1 saturated carbocycles. The maximum absolute atomic E-state index is 12.1. The Hall–Kier alpha value is -1.73. The number of thiocarbonyl (C=S) groups is 1. The van der Waals surface area contributed by atoms with Crippen molar-refractivity contribution in [3.05, 3.63) is 23.4 Å². The van der Waals surface area contributed by atoms with Gasteiger partial charge in [0.2, 0.25) is 5.91 Å². The van der Waals surface area contributed by atoms with Gasteiger partial charge in [-0.15, -0.1) is 0 Å². The Morgan fingerprint density at radius 1 is 1.25 bits per heavy atom. The standard InChI is InChI=1S/C16H21ClN4O2S/c1-21(2)16(23)10-3-6-12(7-4-10)19-15(24)14(22)20-13-8-5-11(17)9-18-13/h5,8-10,12H,3-4,6-7H2,1-2H3,(H,19,24)(H,18,20,22). The van der Waals surface area contributed by atoms with Gasteiger partial charge in [0.1, 0.15) is 5.82 Å². The molecule has 0 bridgehead atoms. The van der Waals surface area contributed by atoms with E-state index in [0.717, 1.165) is 25.7 Å². The minimum Gasteiger partial charge on any atom is -0.369 e. The predicted molar refractivity (Wildman–Crippen MR) is 98.1 cm³/mol. The molecule has 1 aliphatic carbocycles. The molecular weight excluding hydrogens is 348 g/mol. The van der Waals surface area contributed by atoms with Gasteiger partial charge in [0.15, 0.2) is 4.99 Å². The minimum atomic E-state index is -0.397. The number of nitrogens with zero attached hydrogens (tertiary/aromatic N) is 2. The van der Waals surface area contributed by atoms with Crippen molar-refractivity contribution in [2.75, 3.05) is 19.4 Å². The first-order valence-corrected chi connectivity index (χ1v) is 8.60. The summed E-state index contributed by atoms with van der Waals surface area (Å²) in [6, 6.07) is 3.37. The highest BCUT2D eigenvalue weighted by Gasteiger charge is 2.28. The Morgan fingerprint density at radius 3 is 2.46 bits per heavy atom. The fraction of sp³-hybridized carbons (Fsp3) is 0.500. The second kappa shape index (κ2) is 8.39. The number of carbonyl (C=O) groups excluding carboxylic acids is 2. The van der Waals surface area contributed by atoms with Crippen molar-refractivity contribution < 1.29 is 9.59 Å². The first kappa shape index (κ1) is 18.6. The molecule has 1 aromatic heterocycles. The van der Waals surface area contributed by atoms with Crippen LogP contribution in [0.4, 0.5) is 5.82 Å². The molecule has 2 N–H and O–H groups in total. The van der Waals surface area contributed by atoms with Crippen LogP contribution in [0.3, 0.4) is 0 Å². The molecule has 0 atom stereocenters. The summed E-state index contributed by atoms with van der Waals surface area (Å²) in [4.78, 5) is 29.8. The number of hydrogen-bond acceptors (Lipinski definition) is 4. The van der Waals surface area contributed by atoms with E-state index in [1.807, 2.05) is 0 Å². The lowest BCUT2D eigenvalue weighted by Gasteiger charge is -2.30. The number of amides is 2. The Balaban J connectivity index is 1.79. The summed E-state index contributed by atoms with van der Waals surface area (Å²) in [5, 5.41) is 6.20. The number of hydrogen-bond donors (Lipinski definition) is 2. The van der Waals surface area contributed by atoms with E-state index in [-0.39, 0.29) is 22.9 Å². The van der Waals surface area contributed by atoms with E-state index in [4.69, 9.17) is 23.8 Å². The molecule has 0 unspecified atom stereocenters. The molecule has 0 aliphatic heterocycles. The monoisotopic (exact) mass is 368 g/mol. The number of anilines is 1.